The Morgan fingerprint density at radius 3 is 2.35 bits per heavy atom. The predicted molar refractivity (Wildman–Crippen MR) is 108 cm³/mol. The summed E-state index contributed by atoms with van der Waals surface area (Å²) >= 11 is 0. The first kappa shape index (κ1) is 18.7. The first-order valence-electron chi connectivity index (χ1n) is 9.97. The number of aryl methyl sites for hydroxylation is 4. The molecule has 0 aliphatic heterocycles. The van der Waals surface area contributed by atoms with E-state index in [-0.39, 0.29) is 0 Å². The molecule has 2 aromatic rings. The minimum Gasteiger partial charge on any atom is -0.496 e. The molecule has 1 aliphatic rings. The van der Waals surface area contributed by atoms with Gasteiger partial charge in [0, 0.05) is 11.6 Å². The number of rotatable bonds is 7. The van der Waals surface area contributed by atoms with E-state index in [2.05, 4.69) is 45.1 Å². The summed E-state index contributed by atoms with van der Waals surface area (Å²) in [5.41, 5.74) is 6.98. The molecule has 0 radical (unpaired) electrons. The van der Waals surface area contributed by atoms with Gasteiger partial charge in [0.15, 0.2) is 0 Å². The van der Waals surface area contributed by atoms with Crippen molar-refractivity contribution >= 4 is 5.82 Å². The van der Waals surface area contributed by atoms with Gasteiger partial charge in [-0.25, -0.2) is 9.97 Å². The lowest BCUT2D eigenvalue weighted by molar-refractivity contribution is 0.415. The normalized spacial score (nSPS) is 14.2. The Hall–Kier alpha value is -2.10. The Labute approximate surface area is 157 Å². The van der Waals surface area contributed by atoms with Crippen LogP contribution in [0.1, 0.15) is 63.1 Å². The topological polar surface area (TPSA) is 47.0 Å². The van der Waals surface area contributed by atoms with Gasteiger partial charge in [0.2, 0.25) is 0 Å². The van der Waals surface area contributed by atoms with E-state index in [1.807, 2.05) is 0 Å². The average Bonchev–Trinajstić information content (AvgIpc) is 3.13. The van der Waals surface area contributed by atoms with Crippen LogP contribution in [0, 0.1) is 0 Å². The van der Waals surface area contributed by atoms with Crippen molar-refractivity contribution in [3.63, 3.8) is 0 Å². The molecule has 3 rings (SSSR count). The fraction of sp³-hybridized carbons (Fsp3) is 0.545. The zero-order valence-corrected chi connectivity index (χ0v) is 16.8. The second kappa shape index (κ2) is 8.07. The molecule has 1 aromatic heterocycles. The lowest BCUT2D eigenvalue weighted by Crippen LogP contribution is -2.18. The molecule has 0 saturated heterocycles. The summed E-state index contributed by atoms with van der Waals surface area (Å²) in [5.74, 6) is 1.85. The highest BCUT2D eigenvalue weighted by atomic mass is 16.5. The van der Waals surface area contributed by atoms with Gasteiger partial charge in [0.25, 0.3) is 0 Å². The maximum Gasteiger partial charge on any atom is 0.148 e. The van der Waals surface area contributed by atoms with Crippen LogP contribution in [0.25, 0.3) is 11.3 Å². The number of methoxy groups -OCH3 is 1. The van der Waals surface area contributed by atoms with Gasteiger partial charge in [-0.15, -0.1) is 0 Å². The summed E-state index contributed by atoms with van der Waals surface area (Å²) in [6.07, 6.45) is 6.29. The molecule has 0 amide bonds. The van der Waals surface area contributed by atoms with Gasteiger partial charge < -0.3 is 10.1 Å². The molecular weight excluding hydrogens is 322 g/mol. The third-order valence-corrected chi connectivity index (χ3v) is 5.37. The Bertz CT molecular complexity index is 785. The zero-order chi connectivity index (χ0) is 18.7. The number of anilines is 1. The number of benzene rings is 1. The second-order valence-corrected chi connectivity index (χ2v) is 7.15. The maximum atomic E-state index is 5.73. The molecule has 26 heavy (non-hydrogen) atoms. The van der Waals surface area contributed by atoms with E-state index in [1.54, 1.807) is 7.11 Å². The summed E-state index contributed by atoms with van der Waals surface area (Å²) in [6, 6.07) is 4.88. The SMILES string of the molecule is CCc1nc(-c2cc3c(cc2OC)CCC3)c(CC)nc1N[C@@H](C)CC. The largest absolute Gasteiger partial charge is 0.496 e. The van der Waals surface area contributed by atoms with Gasteiger partial charge in [-0.3, -0.25) is 0 Å². The smallest absolute Gasteiger partial charge is 0.148 e. The third kappa shape index (κ3) is 3.55. The molecule has 0 fully saturated rings. The van der Waals surface area contributed by atoms with Crippen molar-refractivity contribution in [2.75, 3.05) is 12.4 Å². The van der Waals surface area contributed by atoms with Gasteiger partial charge in [0.1, 0.15) is 11.6 Å². The fourth-order valence-corrected chi connectivity index (χ4v) is 3.62. The number of nitrogens with one attached hydrogen (secondary N) is 1. The van der Waals surface area contributed by atoms with Gasteiger partial charge in [-0.05, 0) is 68.7 Å². The van der Waals surface area contributed by atoms with E-state index in [0.717, 1.165) is 66.3 Å². The number of hydrogen-bond acceptors (Lipinski definition) is 4. The predicted octanol–water partition coefficient (Wildman–Crippen LogP) is 4.98. The summed E-state index contributed by atoms with van der Waals surface area (Å²) < 4.78 is 5.73. The van der Waals surface area contributed by atoms with Crippen LogP contribution in [-0.4, -0.2) is 23.1 Å². The Morgan fingerprint density at radius 2 is 1.73 bits per heavy atom. The van der Waals surface area contributed by atoms with Crippen LogP contribution in [0.4, 0.5) is 5.82 Å². The average molecular weight is 354 g/mol. The van der Waals surface area contributed by atoms with Gasteiger partial charge in [-0.1, -0.05) is 20.8 Å². The zero-order valence-electron chi connectivity index (χ0n) is 16.8. The van der Waals surface area contributed by atoms with Crippen LogP contribution in [0.15, 0.2) is 12.1 Å². The van der Waals surface area contributed by atoms with Crippen molar-refractivity contribution in [1.29, 1.82) is 0 Å². The molecule has 1 N–H and O–H groups in total. The van der Waals surface area contributed by atoms with Crippen LogP contribution in [0.3, 0.4) is 0 Å². The van der Waals surface area contributed by atoms with Crippen molar-refractivity contribution in [3.8, 4) is 17.0 Å². The quantitative estimate of drug-likeness (QED) is 0.763. The Balaban J connectivity index is 2.13. The summed E-state index contributed by atoms with van der Waals surface area (Å²) in [6.45, 7) is 8.65. The molecule has 1 aromatic carbocycles. The van der Waals surface area contributed by atoms with Crippen molar-refractivity contribution in [2.45, 2.75) is 72.3 Å². The fourth-order valence-electron chi connectivity index (χ4n) is 3.62. The van der Waals surface area contributed by atoms with Crippen molar-refractivity contribution in [2.24, 2.45) is 0 Å². The van der Waals surface area contributed by atoms with Crippen LogP contribution in [-0.2, 0) is 25.7 Å². The summed E-state index contributed by atoms with van der Waals surface area (Å²) in [7, 11) is 1.75. The molecule has 140 valence electrons. The van der Waals surface area contributed by atoms with Gasteiger partial charge >= 0.3 is 0 Å². The first-order chi connectivity index (χ1) is 12.6. The number of hydrogen-bond donors (Lipinski definition) is 1. The molecule has 0 saturated carbocycles. The van der Waals surface area contributed by atoms with Gasteiger partial charge in [-0.2, -0.15) is 0 Å². The highest BCUT2D eigenvalue weighted by Crippen LogP contribution is 2.37. The molecule has 1 aliphatic carbocycles. The van der Waals surface area contributed by atoms with E-state index in [4.69, 9.17) is 14.7 Å². The molecular formula is C22H31N3O. The minimum atomic E-state index is 0.389. The molecule has 1 heterocycles. The lowest BCUT2D eigenvalue weighted by Gasteiger charge is -2.19. The summed E-state index contributed by atoms with van der Waals surface area (Å²) in [4.78, 5) is 10.0. The molecule has 0 bridgehead atoms. The standard InChI is InChI=1S/C22H31N3O/c1-6-14(4)23-22-19(8-3)24-21(18(7-2)25-22)17-12-15-10-9-11-16(15)13-20(17)26-5/h12-14H,6-11H2,1-5H3,(H,23,25)/t14-/m0/s1. The third-order valence-electron chi connectivity index (χ3n) is 5.37. The van der Waals surface area contributed by atoms with E-state index < -0.39 is 0 Å². The van der Waals surface area contributed by atoms with E-state index in [9.17, 15) is 0 Å². The Kier molecular flexibility index (Phi) is 5.80. The lowest BCUT2D eigenvalue weighted by atomic mass is 10.0. The van der Waals surface area contributed by atoms with E-state index in [0.29, 0.717) is 6.04 Å². The van der Waals surface area contributed by atoms with Crippen LogP contribution < -0.4 is 10.1 Å². The first-order valence-corrected chi connectivity index (χ1v) is 9.97. The van der Waals surface area contributed by atoms with Crippen LogP contribution in [0.2, 0.25) is 0 Å². The number of fused-ring (bicyclic) bond motifs is 1. The van der Waals surface area contributed by atoms with E-state index in [1.165, 1.54) is 17.5 Å². The maximum absolute atomic E-state index is 5.73. The highest BCUT2D eigenvalue weighted by Gasteiger charge is 2.21. The van der Waals surface area contributed by atoms with E-state index >= 15 is 0 Å². The molecule has 0 spiro atoms. The number of nitrogens with zero attached hydrogens (tertiary/aromatic N) is 2. The monoisotopic (exact) mass is 353 g/mol. The van der Waals surface area contributed by atoms with Crippen LogP contribution in [0.5, 0.6) is 5.75 Å². The molecule has 4 nitrogen and oxygen atoms in total. The molecule has 1 atom stereocenters. The van der Waals surface area contributed by atoms with Crippen LogP contribution >= 0.6 is 0 Å². The number of aromatic nitrogens is 2. The highest BCUT2D eigenvalue weighted by molar-refractivity contribution is 5.72. The molecule has 4 heteroatoms. The Morgan fingerprint density at radius 1 is 1.04 bits per heavy atom. The minimum absolute atomic E-state index is 0.389. The van der Waals surface area contributed by atoms with Crippen molar-refractivity contribution in [3.05, 3.63) is 34.6 Å². The number of ether oxygens (including phenoxy) is 1. The van der Waals surface area contributed by atoms with Crippen molar-refractivity contribution in [1.82, 2.24) is 9.97 Å². The summed E-state index contributed by atoms with van der Waals surface area (Å²) in [5, 5.41) is 3.53. The molecule has 0 unspecified atom stereocenters. The second-order valence-electron chi connectivity index (χ2n) is 7.15. The van der Waals surface area contributed by atoms with Gasteiger partial charge in [0.05, 0.1) is 24.2 Å². The van der Waals surface area contributed by atoms with Crippen molar-refractivity contribution < 1.29 is 4.74 Å².